The van der Waals surface area contributed by atoms with E-state index in [1.54, 1.807) is 11.6 Å². The highest BCUT2D eigenvalue weighted by molar-refractivity contribution is 5.82. The Balaban J connectivity index is 2.72. The number of aromatic nitrogens is 2. The molecule has 1 aromatic carbocycles. The van der Waals surface area contributed by atoms with Crippen LogP contribution in [0, 0.1) is 0 Å². The maximum atomic E-state index is 9.24. The molecule has 80 valence electrons. The number of fused-ring (bicyclic) bond motifs is 1. The third-order valence-corrected chi connectivity index (χ3v) is 2.63. The maximum absolute atomic E-state index is 9.24. The van der Waals surface area contributed by atoms with E-state index in [9.17, 15) is 5.11 Å². The predicted octanol–water partition coefficient (Wildman–Crippen LogP) is 0.739. The number of hydrogen-bond donors (Lipinski definition) is 2. The first kappa shape index (κ1) is 10.1. The summed E-state index contributed by atoms with van der Waals surface area (Å²) in [4.78, 5) is 0. The summed E-state index contributed by atoms with van der Waals surface area (Å²) in [5, 5.41) is 14.6. The Kier molecular flexibility index (Phi) is 2.25. The zero-order chi connectivity index (χ0) is 11.1. The number of para-hydroxylation sites is 1. The lowest BCUT2D eigenvalue weighted by Crippen LogP contribution is -2.37. The molecule has 1 aromatic heterocycles. The molecular weight excluding hydrogens is 190 g/mol. The number of benzene rings is 1. The molecule has 0 spiro atoms. The summed E-state index contributed by atoms with van der Waals surface area (Å²) < 4.78 is 1.78. The Morgan fingerprint density at radius 3 is 2.80 bits per heavy atom. The maximum Gasteiger partial charge on any atom is 0.0922 e. The minimum absolute atomic E-state index is 0.117. The van der Waals surface area contributed by atoms with Gasteiger partial charge in [-0.05, 0) is 13.0 Å². The van der Waals surface area contributed by atoms with Gasteiger partial charge in [-0.3, -0.25) is 4.68 Å². The minimum Gasteiger partial charge on any atom is -0.394 e. The predicted molar refractivity (Wildman–Crippen MR) is 59.3 cm³/mol. The molecule has 15 heavy (non-hydrogen) atoms. The van der Waals surface area contributed by atoms with E-state index in [0.717, 1.165) is 16.6 Å². The molecule has 1 heterocycles. The number of hydrogen-bond acceptors (Lipinski definition) is 3. The van der Waals surface area contributed by atoms with E-state index in [1.807, 2.05) is 31.3 Å². The van der Waals surface area contributed by atoms with Crippen LogP contribution in [-0.2, 0) is 12.6 Å². The summed E-state index contributed by atoms with van der Waals surface area (Å²) in [5.74, 6) is 0. The highest BCUT2D eigenvalue weighted by Crippen LogP contribution is 2.25. The largest absolute Gasteiger partial charge is 0.394 e. The minimum atomic E-state index is -0.791. The van der Waals surface area contributed by atoms with Gasteiger partial charge in [-0.1, -0.05) is 18.2 Å². The SMILES string of the molecule is Cn1nc(C(C)(N)CO)c2ccccc21. The van der Waals surface area contributed by atoms with Gasteiger partial charge in [0.25, 0.3) is 0 Å². The molecule has 0 aliphatic heterocycles. The van der Waals surface area contributed by atoms with Crippen LogP contribution in [0.2, 0.25) is 0 Å². The molecule has 0 amide bonds. The molecule has 1 atom stereocenters. The molecule has 4 heteroatoms. The van der Waals surface area contributed by atoms with Crippen molar-refractivity contribution in [1.82, 2.24) is 9.78 Å². The van der Waals surface area contributed by atoms with Crippen molar-refractivity contribution >= 4 is 10.9 Å². The summed E-state index contributed by atoms with van der Waals surface area (Å²) in [6.07, 6.45) is 0. The summed E-state index contributed by atoms with van der Waals surface area (Å²) in [5.41, 5.74) is 6.96. The van der Waals surface area contributed by atoms with Crippen molar-refractivity contribution < 1.29 is 5.11 Å². The van der Waals surface area contributed by atoms with Gasteiger partial charge >= 0.3 is 0 Å². The van der Waals surface area contributed by atoms with E-state index in [1.165, 1.54) is 0 Å². The van der Waals surface area contributed by atoms with Gasteiger partial charge in [0.1, 0.15) is 0 Å². The van der Waals surface area contributed by atoms with Crippen LogP contribution in [0.1, 0.15) is 12.6 Å². The first-order chi connectivity index (χ1) is 7.06. The van der Waals surface area contributed by atoms with E-state index >= 15 is 0 Å². The van der Waals surface area contributed by atoms with E-state index in [4.69, 9.17) is 5.73 Å². The van der Waals surface area contributed by atoms with Crippen LogP contribution in [-0.4, -0.2) is 21.5 Å². The molecule has 2 aromatic rings. The fourth-order valence-corrected chi connectivity index (χ4v) is 1.71. The molecule has 1 unspecified atom stereocenters. The van der Waals surface area contributed by atoms with Crippen LogP contribution >= 0.6 is 0 Å². The van der Waals surface area contributed by atoms with Crippen molar-refractivity contribution in [2.45, 2.75) is 12.5 Å². The van der Waals surface area contributed by atoms with Gasteiger partial charge in [0.15, 0.2) is 0 Å². The number of aliphatic hydroxyl groups excluding tert-OH is 1. The van der Waals surface area contributed by atoms with Crippen LogP contribution in [0.5, 0.6) is 0 Å². The average molecular weight is 205 g/mol. The second-order valence-corrected chi connectivity index (χ2v) is 4.06. The van der Waals surface area contributed by atoms with Crippen molar-refractivity contribution in [2.24, 2.45) is 12.8 Å². The molecule has 0 fully saturated rings. The fraction of sp³-hybridized carbons (Fsp3) is 0.364. The Bertz CT molecular complexity index is 488. The van der Waals surface area contributed by atoms with Gasteiger partial charge in [0.05, 0.1) is 23.4 Å². The molecule has 4 nitrogen and oxygen atoms in total. The molecule has 0 aliphatic rings. The third kappa shape index (κ3) is 1.52. The van der Waals surface area contributed by atoms with Crippen molar-refractivity contribution in [3.05, 3.63) is 30.0 Å². The average Bonchev–Trinajstić information content (AvgIpc) is 2.58. The van der Waals surface area contributed by atoms with Crippen LogP contribution < -0.4 is 5.73 Å². The van der Waals surface area contributed by atoms with Crippen LogP contribution in [0.3, 0.4) is 0 Å². The van der Waals surface area contributed by atoms with Crippen LogP contribution in [0.4, 0.5) is 0 Å². The Morgan fingerprint density at radius 2 is 2.13 bits per heavy atom. The monoisotopic (exact) mass is 205 g/mol. The Labute approximate surface area is 88.3 Å². The number of nitrogens with zero attached hydrogens (tertiary/aromatic N) is 2. The fourth-order valence-electron chi connectivity index (χ4n) is 1.71. The number of nitrogens with two attached hydrogens (primary N) is 1. The highest BCUT2D eigenvalue weighted by Gasteiger charge is 2.26. The molecule has 2 rings (SSSR count). The zero-order valence-electron chi connectivity index (χ0n) is 8.94. The van der Waals surface area contributed by atoms with Crippen molar-refractivity contribution in [2.75, 3.05) is 6.61 Å². The lowest BCUT2D eigenvalue weighted by atomic mass is 9.97. The third-order valence-electron chi connectivity index (χ3n) is 2.63. The van der Waals surface area contributed by atoms with E-state index in [0.29, 0.717) is 0 Å². The lowest BCUT2D eigenvalue weighted by Gasteiger charge is -2.19. The van der Waals surface area contributed by atoms with Gasteiger partial charge in [0, 0.05) is 12.4 Å². The van der Waals surface area contributed by atoms with Crippen molar-refractivity contribution in [1.29, 1.82) is 0 Å². The first-order valence-corrected chi connectivity index (χ1v) is 4.88. The van der Waals surface area contributed by atoms with Gasteiger partial charge in [-0.2, -0.15) is 5.10 Å². The van der Waals surface area contributed by atoms with E-state index < -0.39 is 5.54 Å². The zero-order valence-corrected chi connectivity index (χ0v) is 8.94. The molecule has 0 saturated heterocycles. The van der Waals surface area contributed by atoms with Gasteiger partial charge in [-0.15, -0.1) is 0 Å². The van der Waals surface area contributed by atoms with Crippen LogP contribution in [0.15, 0.2) is 24.3 Å². The number of aryl methyl sites for hydroxylation is 1. The van der Waals surface area contributed by atoms with Gasteiger partial charge in [0.2, 0.25) is 0 Å². The molecule has 0 bridgehead atoms. The van der Waals surface area contributed by atoms with Crippen molar-refractivity contribution in [3.63, 3.8) is 0 Å². The number of rotatable bonds is 2. The molecule has 0 saturated carbocycles. The second-order valence-electron chi connectivity index (χ2n) is 4.06. The van der Waals surface area contributed by atoms with Crippen molar-refractivity contribution in [3.8, 4) is 0 Å². The Hall–Kier alpha value is -1.39. The molecule has 0 radical (unpaired) electrons. The molecule has 0 aliphatic carbocycles. The smallest absolute Gasteiger partial charge is 0.0922 e. The summed E-state index contributed by atoms with van der Waals surface area (Å²) >= 11 is 0. The topological polar surface area (TPSA) is 64.1 Å². The quantitative estimate of drug-likeness (QED) is 0.760. The van der Waals surface area contributed by atoms with Crippen LogP contribution in [0.25, 0.3) is 10.9 Å². The summed E-state index contributed by atoms with van der Waals surface area (Å²) in [6, 6.07) is 7.86. The van der Waals surface area contributed by atoms with Gasteiger partial charge in [-0.25, -0.2) is 0 Å². The standard InChI is InChI=1S/C11H15N3O/c1-11(12,7-15)10-8-5-3-4-6-9(8)14(2)13-10/h3-6,15H,7,12H2,1-2H3. The summed E-state index contributed by atoms with van der Waals surface area (Å²) in [6.45, 7) is 1.66. The molecular formula is C11H15N3O. The Morgan fingerprint density at radius 1 is 1.47 bits per heavy atom. The second kappa shape index (κ2) is 3.32. The highest BCUT2D eigenvalue weighted by atomic mass is 16.3. The molecule has 3 N–H and O–H groups in total. The van der Waals surface area contributed by atoms with Gasteiger partial charge < -0.3 is 10.8 Å². The van der Waals surface area contributed by atoms with E-state index in [2.05, 4.69) is 5.10 Å². The normalized spacial score (nSPS) is 15.5. The lowest BCUT2D eigenvalue weighted by molar-refractivity contribution is 0.207. The van der Waals surface area contributed by atoms with E-state index in [-0.39, 0.29) is 6.61 Å². The first-order valence-electron chi connectivity index (χ1n) is 4.88. The summed E-state index contributed by atoms with van der Waals surface area (Å²) in [7, 11) is 1.87. The number of aliphatic hydroxyl groups is 1.